The lowest BCUT2D eigenvalue weighted by Crippen LogP contribution is -2.35. The lowest BCUT2D eigenvalue weighted by molar-refractivity contribution is -0.140. The minimum Gasteiger partial charge on any atom is -0.474 e. The van der Waals surface area contributed by atoms with E-state index in [2.05, 4.69) is 40.7 Å². The van der Waals surface area contributed by atoms with Crippen molar-refractivity contribution in [2.24, 2.45) is 0 Å². The van der Waals surface area contributed by atoms with Gasteiger partial charge in [-0.05, 0) is 44.5 Å². The first kappa shape index (κ1) is 28.2. The fraction of sp³-hybridized carbons (Fsp3) is 0.360. The molecule has 0 saturated carbocycles. The number of H-pyrrole nitrogens is 1. The van der Waals surface area contributed by atoms with Crippen LogP contribution in [-0.4, -0.2) is 68.9 Å². The normalized spacial score (nSPS) is 14.7. The van der Waals surface area contributed by atoms with Gasteiger partial charge >= 0.3 is 18.0 Å². The van der Waals surface area contributed by atoms with Gasteiger partial charge in [0.2, 0.25) is 5.88 Å². The number of aromatic nitrogens is 5. The predicted molar refractivity (Wildman–Crippen MR) is 144 cm³/mol. The molecule has 4 aromatic heterocycles. The minimum atomic E-state index is -4.64. The van der Waals surface area contributed by atoms with Crippen LogP contribution in [0.4, 0.5) is 23.8 Å². The van der Waals surface area contributed by atoms with E-state index >= 15 is 0 Å². The van der Waals surface area contributed by atoms with Crippen molar-refractivity contribution >= 4 is 23.2 Å². The molecule has 3 N–H and O–H groups in total. The van der Waals surface area contributed by atoms with Gasteiger partial charge in [-0.1, -0.05) is 0 Å². The third-order valence-corrected chi connectivity index (χ3v) is 7.11. The highest BCUT2D eigenvalue weighted by Crippen LogP contribution is 2.40. The molecule has 0 aromatic carbocycles. The summed E-state index contributed by atoms with van der Waals surface area (Å²) in [7, 11) is 2.02. The third kappa shape index (κ3) is 6.71. The van der Waals surface area contributed by atoms with Gasteiger partial charge in [0, 0.05) is 48.4 Å². The van der Waals surface area contributed by atoms with E-state index in [4.69, 9.17) is 9.15 Å². The molecule has 1 saturated heterocycles. The number of alkyl halides is 3. The Morgan fingerprint density at radius 3 is 2.66 bits per heavy atom. The summed E-state index contributed by atoms with van der Waals surface area (Å²) in [4.78, 5) is 38.5. The number of rotatable bonds is 7. The second-order valence-electron chi connectivity index (χ2n) is 9.25. The van der Waals surface area contributed by atoms with E-state index in [1.54, 1.807) is 19.1 Å². The van der Waals surface area contributed by atoms with Gasteiger partial charge < -0.3 is 19.4 Å². The molecule has 12 nitrogen and oxygen atoms in total. The number of carbonyl (C=O) groups is 1. The number of likely N-dealkylation sites (tertiary alicyclic amines) is 1. The van der Waals surface area contributed by atoms with Crippen molar-refractivity contribution in [1.82, 2.24) is 35.4 Å². The number of piperidine rings is 1. The van der Waals surface area contributed by atoms with Crippen molar-refractivity contribution in [1.29, 1.82) is 0 Å². The molecular formula is C25H25F3N8O4S. The molecule has 0 atom stereocenters. The lowest BCUT2D eigenvalue weighted by atomic mass is 10.0. The van der Waals surface area contributed by atoms with Crippen LogP contribution in [0.15, 0.2) is 39.0 Å². The topological polar surface area (TPSA) is 151 Å². The van der Waals surface area contributed by atoms with Crippen molar-refractivity contribution in [2.75, 3.05) is 32.0 Å². The summed E-state index contributed by atoms with van der Waals surface area (Å²) in [6, 6.07) is 4.09. The molecule has 5 heterocycles. The highest BCUT2D eigenvalue weighted by atomic mass is 32.1. The summed E-state index contributed by atoms with van der Waals surface area (Å²) in [5.41, 5.74) is 0.217. The van der Waals surface area contributed by atoms with Crippen molar-refractivity contribution in [3.05, 3.63) is 46.0 Å². The van der Waals surface area contributed by atoms with Crippen LogP contribution in [0.1, 0.15) is 25.5 Å². The molecule has 2 amide bonds. The van der Waals surface area contributed by atoms with Gasteiger partial charge in [-0.2, -0.15) is 13.2 Å². The number of hydrogen-bond donors (Lipinski definition) is 3. The summed E-state index contributed by atoms with van der Waals surface area (Å²) >= 11 is 0.797. The zero-order valence-electron chi connectivity index (χ0n) is 21.9. The Labute approximate surface area is 235 Å². The van der Waals surface area contributed by atoms with Crippen molar-refractivity contribution in [3.8, 4) is 39.2 Å². The van der Waals surface area contributed by atoms with Gasteiger partial charge in [0.05, 0.1) is 0 Å². The van der Waals surface area contributed by atoms with Crippen LogP contribution in [0.5, 0.6) is 5.88 Å². The second-order valence-corrected chi connectivity index (χ2v) is 10.1. The molecular weight excluding hydrogens is 565 g/mol. The largest absolute Gasteiger partial charge is 0.474 e. The quantitative estimate of drug-likeness (QED) is 0.287. The standard InChI is InChI=1S/C25H25F3N8O4S/c1-3-29-23(37)33-19-10-15(22-32-18(12-41-22)25(26,27)28)16(11-30-19)13-8-17(21-34-35-24(38)40-21)31-20(9-13)39-14-4-6-36(2)7-5-14/h8-12,14H,3-7H2,1-2H3,(H,35,38)(H2,29,30,33,37). The molecule has 1 aliphatic rings. The predicted octanol–water partition coefficient (Wildman–Crippen LogP) is 4.24. The number of thiazole rings is 1. The maximum atomic E-state index is 13.4. The molecule has 0 aliphatic carbocycles. The van der Waals surface area contributed by atoms with E-state index in [-0.39, 0.29) is 40.0 Å². The molecule has 0 bridgehead atoms. The third-order valence-electron chi connectivity index (χ3n) is 6.23. The number of ether oxygens (including phenoxy) is 1. The van der Waals surface area contributed by atoms with Gasteiger partial charge in [-0.3, -0.25) is 5.32 Å². The molecule has 216 valence electrons. The van der Waals surface area contributed by atoms with Crippen molar-refractivity contribution < 1.29 is 27.1 Å². The molecule has 1 fully saturated rings. The molecule has 1 aliphatic heterocycles. The Balaban J connectivity index is 1.61. The zero-order valence-corrected chi connectivity index (χ0v) is 22.7. The SMILES string of the molecule is CCNC(=O)Nc1cc(-c2nc(C(F)(F)F)cs2)c(-c2cc(OC3CCN(C)CC3)nc(-c3n[nH]c(=O)o3)c2)cn1. The Morgan fingerprint density at radius 2 is 2.00 bits per heavy atom. The number of nitrogens with one attached hydrogen (secondary N) is 3. The number of halogens is 3. The van der Waals surface area contributed by atoms with Crippen LogP contribution in [-0.2, 0) is 6.18 Å². The van der Waals surface area contributed by atoms with E-state index in [0.29, 0.717) is 17.7 Å². The van der Waals surface area contributed by atoms with Gasteiger partial charge in [0.15, 0.2) is 5.69 Å². The highest BCUT2D eigenvalue weighted by molar-refractivity contribution is 7.13. The van der Waals surface area contributed by atoms with Gasteiger partial charge in [-0.15, -0.1) is 16.4 Å². The molecule has 41 heavy (non-hydrogen) atoms. The maximum absolute atomic E-state index is 13.4. The lowest BCUT2D eigenvalue weighted by Gasteiger charge is -2.29. The number of carbonyl (C=O) groups excluding carboxylic acids is 1. The summed E-state index contributed by atoms with van der Waals surface area (Å²) < 4.78 is 51.5. The molecule has 0 radical (unpaired) electrons. The number of pyridine rings is 2. The zero-order chi connectivity index (χ0) is 29.1. The van der Waals surface area contributed by atoms with E-state index in [9.17, 15) is 22.8 Å². The number of aromatic amines is 1. The number of anilines is 1. The molecule has 5 rings (SSSR count). The number of urea groups is 1. The molecule has 16 heteroatoms. The first-order chi connectivity index (χ1) is 19.6. The van der Waals surface area contributed by atoms with Crippen LogP contribution >= 0.6 is 11.3 Å². The van der Waals surface area contributed by atoms with Crippen LogP contribution in [0.3, 0.4) is 0 Å². The van der Waals surface area contributed by atoms with Crippen LogP contribution in [0.2, 0.25) is 0 Å². The first-order valence-electron chi connectivity index (χ1n) is 12.6. The Morgan fingerprint density at radius 1 is 1.22 bits per heavy atom. The van der Waals surface area contributed by atoms with Gasteiger partial charge in [0.25, 0.3) is 5.89 Å². The average molecular weight is 591 g/mol. The van der Waals surface area contributed by atoms with E-state index in [1.807, 2.05) is 7.05 Å². The first-order valence-corrected chi connectivity index (χ1v) is 13.5. The summed E-state index contributed by atoms with van der Waals surface area (Å²) in [6.07, 6.45) is -1.82. The Hall–Kier alpha value is -4.31. The monoisotopic (exact) mass is 590 g/mol. The number of hydrogen-bond acceptors (Lipinski definition) is 10. The second kappa shape index (κ2) is 11.7. The molecule has 4 aromatic rings. The van der Waals surface area contributed by atoms with Gasteiger partial charge in [-0.25, -0.2) is 29.6 Å². The summed E-state index contributed by atoms with van der Waals surface area (Å²) in [5.74, 6) is -0.560. The van der Waals surface area contributed by atoms with Crippen LogP contribution in [0, 0.1) is 0 Å². The average Bonchev–Trinajstić information content (AvgIpc) is 3.60. The van der Waals surface area contributed by atoms with E-state index in [1.165, 1.54) is 12.3 Å². The van der Waals surface area contributed by atoms with Crippen molar-refractivity contribution in [2.45, 2.75) is 32.0 Å². The Bertz CT molecular complexity index is 1590. The summed E-state index contributed by atoms with van der Waals surface area (Å²) in [6.45, 7) is 3.78. The highest BCUT2D eigenvalue weighted by Gasteiger charge is 2.34. The number of nitrogens with zero attached hydrogens (tertiary/aromatic N) is 5. The fourth-order valence-corrected chi connectivity index (χ4v) is 5.08. The molecule has 0 unspecified atom stereocenters. The molecule has 0 spiro atoms. The minimum absolute atomic E-state index is 0.0520. The summed E-state index contributed by atoms with van der Waals surface area (Å²) in [5, 5.41) is 12.2. The number of amides is 2. The van der Waals surface area contributed by atoms with Crippen LogP contribution < -0.4 is 21.1 Å². The fourth-order valence-electron chi connectivity index (χ4n) is 4.22. The maximum Gasteiger partial charge on any atom is 0.434 e. The van der Waals surface area contributed by atoms with Gasteiger partial charge in [0.1, 0.15) is 22.6 Å². The van der Waals surface area contributed by atoms with E-state index < -0.39 is 23.7 Å². The van der Waals surface area contributed by atoms with Crippen LogP contribution in [0.25, 0.3) is 33.3 Å². The smallest absolute Gasteiger partial charge is 0.434 e. The Kier molecular flexibility index (Phi) is 8.03. The van der Waals surface area contributed by atoms with E-state index in [0.717, 1.165) is 42.6 Å². The van der Waals surface area contributed by atoms with Crippen molar-refractivity contribution in [3.63, 3.8) is 0 Å².